The molecular weight excluding hydrogens is 246 g/mol. The van der Waals surface area contributed by atoms with Crippen molar-refractivity contribution in [2.24, 2.45) is 0 Å². The molecule has 2 heteroatoms. The minimum Gasteiger partial charge on any atom is -0.457 e. The van der Waals surface area contributed by atoms with Crippen molar-refractivity contribution < 1.29 is 4.74 Å². The lowest BCUT2D eigenvalue weighted by atomic mass is 10.2. The third-order valence-electron chi connectivity index (χ3n) is 2.99. The predicted molar refractivity (Wildman–Crippen MR) is 86.9 cm³/mol. The van der Waals surface area contributed by atoms with Gasteiger partial charge in [-0.2, -0.15) is 0 Å². The van der Waals surface area contributed by atoms with Crippen molar-refractivity contribution in [1.82, 2.24) is 4.90 Å². The molecule has 0 aliphatic rings. The van der Waals surface area contributed by atoms with Gasteiger partial charge in [0.05, 0.1) is 0 Å². The van der Waals surface area contributed by atoms with E-state index in [4.69, 9.17) is 4.74 Å². The van der Waals surface area contributed by atoms with Crippen LogP contribution in [-0.2, 0) is 0 Å². The van der Waals surface area contributed by atoms with Gasteiger partial charge >= 0.3 is 0 Å². The Hall–Kier alpha value is -1.80. The fraction of sp³-hybridized carbons (Fsp3) is 0.333. The second-order valence-electron chi connectivity index (χ2n) is 4.66. The van der Waals surface area contributed by atoms with E-state index in [0.29, 0.717) is 0 Å². The number of nitrogens with zero attached hydrogens (tertiary/aromatic N) is 1. The number of ether oxygens (including phenoxy) is 1. The summed E-state index contributed by atoms with van der Waals surface area (Å²) >= 11 is 0. The molecule has 0 aromatic heterocycles. The van der Waals surface area contributed by atoms with E-state index >= 15 is 0 Å². The van der Waals surface area contributed by atoms with E-state index in [0.717, 1.165) is 37.4 Å². The Balaban J connectivity index is 2.43. The van der Waals surface area contributed by atoms with Gasteiger partial charge in [-0.15, -0.1) is 0 Å². The monoisotopic (exact) mass is 271 g/mol. The Kier molecular flexibility index (Phi) is 8.16. The summed E-state index contributed by atoms with van der Waals surface area (Å²) in [6.07, 6.45) is 10.0. The van der Waals surface area contributed by atoms with Crippen molar-refractivity contribution >= 4 is 0 Å². The molecule has 2 nitrogen and oxygen atoms in total. The molecule has 1 aromatic carbocycles. The van der Waals surface area contributed by atoms with Crippen LogP contribution in [0.1, 0.15) is 19.8 Å². The highest BCUT2D eigenvalue weighted by atomic mass is 16.5. The molecular formula is C18H25NO. The Morgan fingerprint density at radius 2 is 2.05 bits per heavy atom. The Morgan fingerprint density at radius 3 is 2.70 bits per heavy atom. The van der Waals surface area contributed by atoms with Gasteiger partial charge in [-0.3, -0.25) is 0 Å². The first-order valence-corrected chi connectivity index (χ1v) is 7.17. The van der Waals surface area contributed by atoms with Crippen LogP contribution in [0.4, 0.5) is 0 Å². The van der Waals surface area contributed by atoms with E-state index in [1.165, 1.54) is 0 Å². The number of rotatable bonds is 9. The van der Waals surface area contributed by atoms with Gasteiger partial charge in [0.15, 0.2) is 0 Å². The molecule has 0 heterocycles. The lowest BCUT2D eigenvalue weighted by Gasteiger charge is -2.12. The van der Waals surface area contributed by atoms with Crippen molar-refractivity contribution in [2.45, 2.75) is 19.8 Å². The van der Waals surface area contributed by atoms with Crippen LogP contribution in [-0.4, -0.2) is 25.0 Å². The number of allylic oxidation sites excluding steroid dienone is 4. The summed E-state index contributed by atoms with van der Waals surface area (Å²) in [6.45, 7) is 8.12. The number of hydrogen-bond acceptors (Lipinski definition) is 2. The second kappa shape index (κ2) is 10.0. The first-order chi connectivity index (χ1) is 9.76. The summed E-state index contributed by atoms with van der Waals surface area (Å²) in [7, 11) is 2.14. The van der Waals surface area contributed by atoms with E-state index in [1.54, 1.807) is 6.08 Å². The summed E-state index contributed by atoms with van der Waals surface area (Å²) in [5, 5.41) is 0. The molecule has 0 radical (unpaired) electrons. The van der Waals surface area contributed by atoms with Crippen molar-refractivity contribution in [3.05, 3.63) is 67.0 Å². The zero-order valence-corrected chi connectivity index (χ0v) is 12.6. The summed E-state index contributed by atoms with van der Waals surface area (Å²) in [6, 6.07) is 9.79. The predicted octanol–water partition coefficient (Wildman–Crippen LogP) is 4.42. The van der Waals surface area contributed by atoms with Crippen molar-refractivity contribution in [1.29, 1.82) is 0 Å². The molecule has 0 saturated carbocycles. The minimum absolute atomic E-state index is 0.815. The van der Waals surface area contributed by atoms with E-state index in [9.17, 15) is 0 Å². The zero-order valence-electron chi connectivity index (χ0n) is 12.6. The van der Waals surface area contributed by atoms with Crippen LogP contribution in [0.2, 0.25) is 0 Å². The molecule has 0 saturated heterocycles. The normalized spacial score (nSPS) is 12.1. The topological polar surface area (TPSA) is 12.5 Å². The van der Waals surface area contributed by atoms with Crippen LogP contribution in [0.5, 0.6) is 5.75 Å². The maximum atomic E-state index is 5.80. The molecule has 0 N–H and O–H groups in total. The lowest BCUT2D eigenvalue weighted by molar-refractivity contribution is 0.348. The van der Waals surface area contributed by atoms with Gasteiger partial charge in [0.1, 0.15) is 11.5 Å². The first-order valence-electron chi connectivity index (χ1n) is 7.17. The summed E-state index contributed by atoms with van der Waals surface area (Å²) in [4.78, 5) is 2.31. The third-order valence-corrected chi connectivity index (χ3v) is 2.99. The average molecular weight is 271 g/mol. The van der Waals surface area contributed by atoms with E-state index < -0.39 is 0 Å². The number of benzene rings is 1. The maximum absolute atomic E-state index is 5.80. The number of unbranched alkanes of at least 4 members (excludes halogenated alkanes) is 1. The van der Waals surface area contributed by atoms with Crippen LogP contribution in [0.15, 0.2) is 67.0 Å². The molecule has 108 valence electrons. The largest absolute Gasteiger partial charge is 0.457 e. The highest BCUT2D eigenvalue weighted by Crippen LogP contribution is 2.14. The molecule has 0 atom stereocenters. The molecule has 1 aromatic rings. The van der Waals surface area contributed by atoms with Crippen molar-refractivity contribution in [3.63, 3.8) is 0 Å². The molecule has 0 spiro atoms. The molecule has 0 bridgehead atoms. The van der Waals surface area contributed by atoms with E-state index in [1.807, 2.05) is 42.5 Å². The lowest BCUT2D eigenvalue weighted by Crippen LogP contribution is -2.18. The molecule has 0 amide bonds. The van der Waals surface area contributed by atoms with Crippen LogP contribution >= 0.6 is 0 Å². The molecule has 20 heavy (non-hydrogen) atoms. The van der Waals surface area contributed by atoms with Crippen molar-refractivity contribution in [3.8, 4) is 5.75 Å². The molecule has 0 aliphatic carbocycles. The molecule has 0 unspecified atom stereocenters. The summed E-state index contributed by atoms with van der Waals surface area (Å²) < 4.78 is 5.80. The third kappa shape index (κ3) is 6.95. The quantitative estimate of drug-likeness (QED) is 0.374. The smallest absolute Gasteiger partial charge is 0.127 e. The van der Waals surface area contributed by atoms with Gasteiger partial charge in [0, 0.05) is 0 Å². The van der Waals surface area contributed by atoms with Gasteiger partial charge in [-0.05, 0) is 57.3 Å². The SMILES string of the molecule is C=C/C=C(\C=C/CCCN(C)CC)Oc1ccccc1. The van der Waals surface area contributed by atoms with Crippen LogP contribution < -0.4 is 4.74 Å². The van der Waals surface area contributed by atoms with E-state index in [-0.39, 0.29) is 0 Å². The zero-order chi connectivity index (χ0) is 14.6. The van der Waals surface area contributed by atoms with Crippen molar-refractivity contribution in [2.75, 3.05) is 20.1 Å². The van der Waals surface area contributed by atoms with Gasteiger partial charge in [0.25, 0.3) is 0 Å². The van der Waals surface area contributed by atoms with Gasteiger partial charge in [-0.25, -0.2) is 0 Å². The summed E-state index contributed by atoms with van der Waals surface area (Å²) in [5.41, 5.74) is 0. The van der Waals surface area contributed by atoms with Crippen LogP contribution in [0.3, 0.4) is 0 Å². The highest BCUT2D eigenvalue weighted by Gasteiger charge is 1.96. The average Bonchev–Trinajstić information content (AvgIpc) is 2.47. The van der Waals surface area contributed by atoms with Gasteiger partial charge in [-0.1, -0.05) is 43.9 Å². The Morgan fingerprint density at radius 1 is 1.30 bits per heavy atom. The molecule has 1 rings (SSSR count). The Bertz CT molecular complexity index is 434. The maximum Gasteiger partial charge on any atom is 0.127 e. The standard InChI is InChI=1S/C18H25NO/c1-4-12-17(20-18-14-8-6-9-15-18)13-10-7-11-16-19(3)5-2/h4,6,8-10,12-15H,1,5,7,11,16H2,2-3H3/b13-10-,17-12+. The highest BCUT2D eigenvalue weighted by molar-refractivity contribution is 5.27. The Labute approximate surface area is 123 Å². The van der Waals surface area contributed by atoms with Crippen LogP contribution in [0, 0.1) is 0 Å². The molecule has 0 aliphatic heterocycles. The molecule has 0 fully saturated rings. The van der Waals surface area contributed by atoms with E-state index in [2.05, 4.69) is 31.5 Å². The number of para-hydroxylation sites is 1. The fourth-order valence-electron chi connectivity index (χ4n) is 1.70. The second-order valence-corrected chi connectivity index (χ2v) is 4.66. The minimum atomic E-state index is 0.815. The van der Waals surface area contributed by atoms with Gasteiger partial charge in [0.2, 0.25) is 0 Å². The first kappa shape index (κ1) is 16.3. The fourth-order valence-corrected chi connectivity index (χ4v) is 1.70. The van der Waals surface area contributed by atoms with Gasteiger partial charge < -0.3 is 9.64 Å². The van der Waals surface area contributed by atoms with Crippen LogP contribution in [0.25, 0.3) is 0 Å². The number of hydrogen-bond donors (Lipinski definition) is 0. The summed E-state index contributed by atoms with van der Waals surface area (Å²) in [5.74, 6) is 1.66.